The molecule has 0 spiro atoms. The molecule has 0 aliphatic heterocycles. The van der Waals surface area contributed by atoms with Crippen LogP contribution in [0.4, 0.5) is 5.69 Å². The van der Waals surface area contributed by atoms with Gasteiger partial charge in [-0.25, -0.2) is 4.79 Å². The first-order chi connectivity index (χ1) is 14.2. The van der Waals surface area contributed by atoms with Gasteiger partial charge in [0.05, 0.1) is 24.3 Å². The highest BCUT2D eigenvalue weighted by Crippen LogP contribution is 2.40. The molecule has 0 saturated heterocycles. The highest BCUT2D eigenvalue weighted by molar-refractivity contribution is 6.08. The Morgan fingerprint density at radius 1 is 1.13 bits per heavy atom. The van der Waals surface area contributed by atoms with Crippen LogP contribution < -0.4 is 5.32 Å². The van der Waals surface area contributed by atoms with Gasteiger partial charge in [-0.05, 0) is 59.7 Å². The smallest absolute Gasteiger partial charge is 0.337 e. The average Bonchev–Trinajstić information content (AvgIpc) is 2.70. The van der Waals surface area contributed by atoms with Crippen molar-refractivity contribution in [3.05, 3.63) is 70.8 Å². The van der Waals surface area contributed by atoms with E-state index in [1.54, 1.807) is 37.3 Å². The summed E-state index contributed by atoms with van der Waals surface area (Å²) in [6.07, 6.45) is 2.96. The highest BCUT2D eigenvalue weighted by atomic mass is 16.5. The highest BCUT2D eigenvalue weighted by Gasteiger charge is 2.29. The van der Waals surface area contributed by atoms with Crippen molar-refractivity contribution in [1.82, 2.24) is 0 Å². The maximum atomic E-state index is 12.9. The van der Waals surface area contributed by atoms with Crippen molar-refractivity contribution in [2.24, 2.45) is 0 Å². The van der Waals surface area contributed by atoms with Crippen LogP contribution in [0.1, 0.15) is 65.5 Å². The first-order valence-electron chi connectivity index (χ1n) is 9.86. The first-order valence-corrected chi connectivity index (χ1v) is 9.86. The van der Waals surface area contributed by atoms with E-state index >= 15 is 0 Å². The Bertz CT molecular complexity index is 1040. The molecular formula is C24H25NO5. The molecule has 6 nitrogen and oxygen atoms in total. The van der Waals surface area contributed by atoms with Gasteiger partial charge in [0.2, 0.25) is 0 Å². The molecule has 1 aliphatic carbocycles. The SMILES string of the molecule is CCOC(=O)CC1=CCC(C)(C)c2ccc(C(=O)Nc3ccccc3C(=O)O)cc21. The number of carbonyl (C=O) groups is 3. The molecule has 0 fully saturated rings. The van der Waals surface area contributed by atoms with Crippen LogP contribution in [0.2, 0.25) is 0 Å². The molecule has 1 amide bonds. The zero-order valence-electron chi connectivity index (χ0n) is 17.3. The van der Waals surface area contributed by atoms with Crippen molar-refractivity contribution in [3.63, 3.8) is 0 Å². The summed E-state index contributed by atoms with van der Waals surface area (Å²) >= 11 is 0. The van der Waals surface area contributed by atoms with Crippen LogP contribution in [0.15, 0.2) is 48.5 Å². The Hall–Kier alpha value is -3.41. The van der Waals surface area contributed by atoms with E-state index in [9.17, 15) is 19.5 Å². The maximum Gasteiger partial charge on any atom is 0.337 e. The Morgan fingerprint density at radius 3 is 2.57 bits per heavy atom. The van der Waals surface area contributed by atoms with Gasteiger partial charge in [0.15, 0.2) is 0 Å². The van der Waals surface area contributed by atoms with E-state index < -0.39 is 11.9 Å². The normalized spacial score (nSPS) is 14.3. The van der Waals surface area contributed by atoms with Gasteiger partial charge in [-0.2, -0.15) is 0 Å². The third-order valence-electron chi connectivity index (χ3n) is 5.26. The number of rotatable bonds is 6. The molecule has 2 aromatic carbocycles. The van der Waals surface area contributed by atoms with E-state index in [2.05, 4.69) is 19.2 Å². The number of ether oxygens (including phenoxy) is 1. The van der Waals surface area contributed by atoms with E-state index in [1.807, 2.05) is 12.1 Å². The Kier molecular flexibility index (Phi) is 6.06. The van der Waals surface area contributed by atoms with Crippen molar-refractivity contribution in [3.8, 4) is 0 Å². The van der Waals surface area contributed by atoms with Crippen LogP contribution in [-0.4, -0.2) is 29.6 Å². The molecule has 0 bridgehead atoms. The van der Waals surface area contributed by atoms with Crippen molar-refractivity contribution >= 4 is 29.1 Å². The number of para-hydroxylation sites is 1. The molecule has 0 heterocycles. The summed E-state index contributed by atoms with van der Waals surface area (Å²) in [5, 5.41) is 12.0. The molecule has 2 N–H and O–H groups in total. The topological polar surface area (TPSA) is 92.7 Å². The number of benzene rings is 2. The molecule has 2 aromatic rings. The summed E-state index contributed by atoms with van der Waals surface area (Å²) in [6.45, 7) is 6.32. The number of allylic oxidation sites excluding steroid dienone is 1. The van der Waals surface area contributed by atoms with Crippen molar-refractivity contribution in [1.29, 1.82) is 0 Å². The molecule has 0 saturated carbocycles. The summed E-state index contributed by atoms with van der Waals surface area (Å²) < 4.78 is 5.09. The van der Waals surface area contributed by atoms with E-state index in [-0.39, 0.29) is 29.1 Å². The summed E-state index contributed by atoms with van der Waals surface area (Å²) in [6, 6.07) is 11.7. The lowest BCUT2D eigenvalue weighted by atomic mass is 9.72. The molecule has 156 valence electrons. The van der Waals surface area contributed by atoms with Gasteiger partial charge in [-0.15, -0.1) is 0 Å². The van der Waals surface area contributed by atoms with Crippen molar-refractivity contribution in [2.75, 3.05) is 11.9 Å². The first kappa shape index (κ1) is 21.3. The number of carboxylic acid groups (broad SMARTS) is 1. The number of hydrogen-bond acceptors (Lipinski definition) is 4. The largest absolute Gasteiger partial charge is 0.478 e. The maximum absolute atomic E-state index is 12.9. The quantitative estimate of drug-likeness (QED) is 0.680. The van der Waals surface area contributed by atoms with Gasteiger partial charge in [0.25, 0.3) is 5.91 Å². The molecule has 30 heavy (non-hydrogen) atoms. The number of nitrogens with one attached hydrogen (secondary N) is 1. The van der Waals surface area contributed by atoms with Gasteiger partial charge in [0, 0.05) is 5.56 Å². The lowest BCUT2D eigenvalue weighted by Crippen LogP contribution is -2.23. The van der Waals surface area contributed by atoms with Crippen LogP contribution in [-0.2, 0) is 14.9 Å². The molecule has 0 unspecified atom stereocenters. The van der Waals surface area contributed by atoms with Crippen molar-refractivity contribution < 1.29 is 24.2 Å². The second kappa shape index (κ2) is 8.53. The summed E-state index contributed by atoms with van der Waals surface area (Å²) in [5.41, 5.74) is 3.26. The third-order valence-corrected chi connectivity index (χ3v) is 5.26. The van der Waals surface area contributed by atoms with Crippen LogP contribution in [0, 0.1) is 0 Å². The number of amides is 1. The monoisotopic (exact) mass is 407 g/mol. The zero-order valence-corrected chi connectivity index (χ0v) is 17.3. The fourth-order valence-corrected chi connectivity index (χ4v) is 3.65. The van der Waals surface area contributed by atoms with Gasteiger partial charge in [0.1, 0.15) is 0 Å². The molecule has 0 atom stereocenters. The predicted octanol–water partition coefficient (Wildman–Crippen LogP) is 4.66. The van der Waals surface area contributed by atoms with Gasteiger partial charge < -0.3 is 15.2 Å². The second-order valence-electron chi connectivity index (χ2n) is 7.86. The molecule has 6 heteroatoms. The van der Waals surface area contributed by atoms with Crippen LogP contribution in [0.5, 0.6) is 0 Å². The number of carbonyl (C=O) groups excluding carboxylic acids is 2. The lowest BCUT2D eigenvalue weighted by molar-refractivity contribution is -0.141. The number of aromatic carboxylic acids is 1. The Morgan fingerprint density at radius 2 is 1.87 bits per heavy atom. The number of anilines is 1. The van der Waals surface area contributed by atoms with Crippen LogP contribution >= 0.6 is 0 Å². The minimum absolute atomic E-state index is 0.0211. The minimum Gasteiger partial charge on any atom is -0.478 e. The van der Waals surface area contributed by atoms with E-state index in [1.165, 1.54) is 6.07 Å². The molecule has 0 aromatic heterocycles. The molecule has 1 aliphatic rings. The van der Waals surface area contributed by atoms with Crippen LogP contribution in [0.3, 0.4) is 0 Å². The standard InChI is InChI=1S/C24H25NO5/c1-4-30-21(26)14-15-11-12-24(2,3)19-10-9-16(13-18(15)19)22(27)25-20-8-6-5-7-17(20)23(28)29/h5-11,13H,4,12,14H2,1-3H3,(H,25,27)(H,28,29). The average molecular weight is 407 g/mol. The Labute approximate surface area is 175 Å². The fraction of sp³-hybridized carbons (Fsp3) is 0.292. The number of fused-ring (bicyclic) bond motifs is 1. The third kappa shape index (κ3) is 4.43. The number of esters is 1. The Balaban J connectivity index is 1.94. The molecule has 0 radical (unpaired) electrons. The minimum atomic E-state index is -1.11. The lowest BCUT2D eigenvalue weighted by Gasteiger charge is -2.32. The van der Waals surface area contributed by atoms with Crippen molar-refractivity contribution in [2.45, 2.75) is 39.0 Å². The number of carboxylic acids is 1. The number of hydrogen-bond donors (Lipinski definition) is 2. The molecule has 3 rings (SSSR count). The van der Waals surface area contributed by atoms with E-state index in [4.69, 9.17) is 4.74 Å². The van der Waals surface area contributed by atoms with Gasteiger partial charge in [-0.3, -0.25) is 9.59 Å². The van der Waals surface area contributed by atoms with Crippen LogP contribution in [0.25, 0.3) is 5.57 Å². The fourth-order valence-electron chi connectivity index (χ4n) is 3.65. The van der Waals surface area contributed by atoms with Gasteiger partial charge >= 0.3 is 11.9 Å². The van der Waals surface area contributed by atoms with E-state index in [0.717, 1.165) is 23.1 Å². The summed E-state index contributed by atoms with van der Waals surface area (Å²) in [7, 11) is 0. The van der Waals surface area contributed by atoms with Gasteiger partial charge in [-0.1, -0.05) is 38.1 Å². The second-order valence-corrected chi connectivity index (χ2v) is 7.86. The summed E-state index contributed by atoms with van der Waals surface area (Å²) in [4.78, 5) is 36.3. The van der Waals surface area contributed by atoms with E-state index in [0.29, 0.717) is 12.2 Å². The predicted molar refractivity (Wildman–Crippen MR) is 115 cm³/mol. The summed E-state index contributed by atoms with van der Waals surface area (Å²) in [5.74, 6) is -1.83. The molecular weight excluding hydrogens is 382 g/mol. The zero-order chi connectivity index (χ0) is 21.9.